The van der Waals surface area contributed by atoms with Crippen molar-refractivity contribution in [3.05, 3.63) is 12.2 Å². The number of ether oxygens (including phenoxy) is 4. The number of esters is 2. The van der Waals surface area contributed by atoms with E-state index >= 15 is 0 Å². The quantitative estimate of drug-likeness (QED) is 0.0275. The largest absolute Gasteiger partial charge is 0.508 e. The van der Waals surface area contributed by atoms with Crippen LogP contribution < -0.4 is 5.32 Å². The SMILES string of the molecule is CCCCCCCC/C=C\CCCCCCCC(=O)NCC(COC(=O)OCCCN(CC)CC)COC(=O)C(C)(C)C(C)(C)C(=O)OC(CCCCCCCC)CCCCCCCC. The van der Waals surface area contributed by atoms with Gasteiger partial charge in [-0.25, -0.2) is 4.79 Å². The molecular formula is C55H104N2O8. The first-order valence-electron chi connectivity index (χ1n) is 27.1. The Balaban J connectivity index is 5.30. The van der Waals surface area contributed by atoms with E-state index in [1.165, 1.54) is 103 Å². The number of unbranched alkanes of at least 4 members (excludes halogenated alkanes) is 21. The predicted octanol–water partition coefficient (Wildman–Crippen LogP) is 14.6. The molecule has 0 heterocycles. The summed E-state index contributed by atoms with van der Waals surface area (Å²) < 4.78 is 23.0. The highest BCUT2D eigenvalue weighted by Gasteiger charge is 2.51. The van der Waals surface area contributed by atoms with Crippen LogP contribution in [-0.2, 0) is 33.3 Å². The van der Waals surface area contributed by atoms with E-state index in [9.17, 15) is 19.2 Å². The van der Waals surface area contributed by atoms with Gasteiger partial charge in [0.1, 0.15) is 12.7 Å². The monoisotopic (exact) mass is 921 g/mol. The Hall–Kier alpha value is -2.62. The van der Waals surface area contributed by atoms with Gasteiger partial charge < -0.3 is 29.2 Å². The van der Waals surface area contributed by atoms with Crippen LogP contribution in [0.3, 0.4) is 0 Å². The van der Waals surface area contributed by atoms with Crippen LogP contribution in [-0.4, -0.2) is 81.0 Å². The molecule has 1 atom stereocenters. The molecule has 0 saturated carbocycles. The number of carbonyl (C=O) groups is 4. The highest BCUT2D eigenvalue weighted by atomic mass is 16.7. The van der Waals surface area contributed by atoms with Crippen LogP contribution >= 0.6 is 0 Å². The molecule has 0 aliphatic carbocycles. The van der Waals surface area contributed by atoms with Crippen molar-refractivity contribution in [3.8, 4) is 0 Å². The third-order valence-corrected chi connectivity index (χ3v) is 13.5. The third kappa shape index (κ3) is 32.7. The lowest BCUT2D eigenvalue weighted by molar-refractivity contribution is -0.180. The molecule has 382 valence electrons. The Kier molecular flexibility index (Phi) is 39.9. The molecule has 0 aliphatic rings. The van der Waals surface area contributed by atoms with Gasteiger partial charge in [-0.2, -0.15) is 0 Å². The normalized spacial score (nSPS) is 12.5. The minimum Gasteiger partial charge on any atom is -0.465 e. The van der Waals surface area contributed by atoms with Gasteiger partial charge in [-0.15, -0.1) is 0 Å². The van der Waals surface area contributed by atoms with Crippen molar-refractivity contribution in [3.63, 3.8) is 0 Å². The van der Waals surface area contributed by atoms with Gasteiger partial charge in [-0.05, 0) is 105 Å². The first-order chi connectivity index (χ1) is 31.3. The van der Waals surface area contributed by atoms with Gasteiger partial charge in [0, 0.05) is 25.4 Å². The summed E-state index contributed by atoms with van der Waals surface area (Å²) in [6.07, 6.45) is 36.0. The molecular weight excluding hydrogens is 817 g/mol. The molecule has 1 N–H and O–H groups in total. The number of nitrogens with zero attached hydrogens (tertiary/aromatic N) is 1. The zero-order valence-corrected chi connectivity index (χ0v) is 44.0. The molecule has 0 rings (SSSR count). The fourth-order valence-electron chi connectivity index (χ4n) is 7.83. The zero-order valence-electron chi connectivity index (χ0n) is 44.0. The molecule has 65 heavy (non-hydrogen) atoms. The second-order valence-electron chi connectivity index (χ2n) is 19.8. The number of allylic oxidation sites excluding steroid dienone is 2. The van der Waals surface area contributed by atoms with Crippen LogP contribution in [0.5, 0.6) is 0 Å². The summed E-state index contributed by atoms with van der Waals surface area (Å²) in [6.45, 7) is 20.7. The van der Waals surface area contributed by atoms with E-state index in [2.05, 4.69) is 57.0 Å². The van der Waals surface area contributed by atoms with Gasteiger partial charge in [-0.1, -0.05) is 162 Å². The predicted molar refractivity (Wildman–Crippen MR) is 270 cm³/mol. The number of hydrogen-bond acceptors (Lipinski definition) is 9. The molecule has 0 aromatic rings. The summed E-state index contributed by atoms with van der Waals surface area (Å²) >= 11 is 0. The molecule has 0 saturated heterocycles. The molecule has 0 aliphatic heterocycles. The van der Waals surface area contributed by atoms with Gasteiger partial charge in [0.25, 0.3) is 0 Å². The van der Waals surface area contributed by atoms with Crippen molar-refractivity contribution in [2.45, 2.75) is 255 Å². The Bertz CT molecular complexity index is 1180. The summed E-state index contributed by atoms with van der Waals surface area (Å²) in [7, 11) is 0. The first-order valence-corrected chi connectivity index (χ1v) is 27.1. The van der Waals surface area contributed by atoms with E-state index in [-0.39, 0.29) is 38.4 Å². The highest BCUT2D eigenvalue weighted by Crippen LogP contribution is 2.41. The molecule has 0 aromatic heterocycles. The molecule has 0 aromatic carbocycles. The van der Waals surface area contributed by atoms with Crippen LogP contribution in [0.4, 0.5) is 4.79 Å². The number of amides is 1. The van der Waals surface area contributed by atoms with E-state index in [4.69, 9.17) is 18.9 Å². The highest BCUT2D eigenvalue weighted by molar-refractivity contribution is 5.87. The Labute approximate surface area is 400 Å². The molecule has 0 bridgehead atoms. The second kappa shape index (κ2) is 41.6. The Morgan fingerprint density at radius 3 is 1.48 bits per heavy atom. The summed E-state index contributed by atoms with van der Waals surface area (Å²) in [5, 5.41) is 2.98. The maximum absolute atomic E-state index is 13.9. The number of carbonyl (C=O) groups excluding carboxylic acids is 4. The smallest absolute Gasteiger partial charge is 0.465 e. The standard InChI is InChI=1S/C55H104N2O8/c1-10-15-18-21-24-25-26-27-28-29-30-31-32-35-38-42-50(58)56-45-48(47-64-53(61)62-44-39-43-57(13-4)14-5)46-63-51(59)54(6,7)55(8,9)52(60)65-49(40-36-33-22-19-16-11-2)41-37-34-23-20-17-12-3/h27-28,48-49H,10-26,29-47H2,1-9H3,(H,56,58)/b28-27-. The van der Waals surface area contributed by atoms with E-state index in [1.54, 1.807) is 27.7 Å². The van der Waals surface area contributed by atoms with Gasteiger partial charge in [0.2, 0.25) is 5.91 Å². The van der Waals surface area contributed by atoms with Crippen molar-refractivity contribution >= 4 is 24.0 Å². The van der Waals surface area contributed by atoms with Crippen LogP contribution in [0, 0.1) is 16.7 Å². The van der Waals surface area contributed by atoms with Gasteiger partial charge in [0.05, 0.1) is 24.0 Å². The van der Waals surface area contributed by atoms with Crippen LogP contribution in [0.2, 0.25) is 0 Å². The fourth-order valence-corrected chi connectivity index (χ4v) is 7.83. The summed E-state index contributed by atoms with van der Waals surface area (Å²) in [5.41, 5.74) is -2.40. The molecule has 10 nitrogen and oxygen atoms in total. The average Bonchev–Trinajstić information content (AvgIpc) is 3.29. The lowest BCUT2D eigenvalue weighted by Gasteiger charge is -2.38. The summed E-state index contributed by atoms with van der Waals surface area (Å²) in [6, 6.07) is 0. The Morgan fingerprint density at radius 1 is 0.523 bits per heavy atom. The molecule has 1 unspecified atom stereocenters. The Morgan fingerprint density at radius 2 is 0.969 bits per heavy atom. The van der Waals surface area contributed by atoms with Gasteiger partial charge >= 0.3 is 18.1 Å². The van der Waals surface area contributed by atoms with Crippen molar-refractivity contribution in [1.29, 1.82) is 0 Å². The minimum atomic E-state index is -1.22. The third-order valence-electron chi connectivity index (χ3n) is 13.5. The molecule has 10 heteroatoms. The van der Waals surface area contributed by atoms with Gasteiger partial charge in [0.15, 0.2) is 0 Å². The van der Waals surface area contributed by atoms with E-state index in [0.29, 0.717) is 12.8 Å². The van der Waals surface area contributed by atoms with Gasteiger partial charge in [-0.3, -0.25) is 14.4 Å². The topological polar surface area (TPSA) is 120 Å². The van der Waals surface area contributed by atoms with Crippen molar-refractivity contribution in [2.24, 2.45) is 16.7 Å². The van der Waals surface area contributed by atoms with Crippen molar-refractivity contribution < 1.29 is 38.1 Å². The maximum Gasteiger partial charge on any atom is 0.508 e. The van der Waals surface area contributed by atoms with Crippen LogP contribution in [0.25, 0.3) is 0 Å². The van der Waals surface area contributed by atoms with Crippen molar-refractivity contribution in [2.75, 3.05) is 46.0 Å². The molecule has 1 amide bonds. The molecule has 0 radical (unpaired) electrons. The van der Waals surface area contributed by atoms with E-state index in [0.717, 1.165) is 90.3 Å². The maximum atomic E-state index is 13.9. The molecule has 0 fully saturated rings. The molecule has 0 spiro atoms. The van der Waals surface area contributed by atoms with Crippen molar-refractivity contribution in [1.82, 2.24) is 10.2 Å². The minimum absolute atomic E-state index is 0.0846. The number of hydrogen-bond donors (Lipinski definition) is 1. The summed E-state index contributed by atoms with van der Waals surface area (Å²) in [5.74, 6) is -1.54. The second-order valence-corrected chi connectivity index (χ2v) is 19.8. The zero-order chi connectivity index (χ0) is 48.4. The van der Waals surface area contributed by atoms with E-state index < -0.39 is 34.8 Å². The number of rotatable bonds is 45. The van der Waals surface area contributed by atoms with Crippen LogP contribution in [0.1, 0.15) is 249 Å². The summed E-state index contributed by atoms with van der Waals surface area (Å²) in [4.78, 5) is 55.6. The lowest BCUT2D eigenvalue weighted by atomic mass is 9.68. The first kappa shape index (κ1) is 62.4. The van der Waals surface area contributed by atoms with E-state index in [1.807, 2.05) is 0 Å². The average molecular weight is 921 g/mol. The number of nitrogens with one attached hydrogen (secondary N) is 1. The fraction of sp³-hybridized carbons (Fsp3) is 0.891. The van der Waals surface area contributed by atoms with Crippen LogP contribution in [0.15, 0.2) is 12.2 Å². The lowest BCUT2D eigenvalue weighted by Crippen LogP contribution is -2.48.